The van der Waals surface area contributed by atoms with Crippen LogP contribution in [0.4, 0.5) is 16.0 Å². The maximum Gasteiger partial charge on any atom is 0.266 e. The summed E-state index contributed by atoms with van der Waals surface area (Å²) in [4.78, 5) is 6.89. The van der Waals surface area contributed by atoms with Gasteiger partial charge in [0.05, 0.1) is 18.3 Å². The van der Waals surface area contributed by atoms with Gasteiger partial charge in [-0.2, -0.15) is 4.98 Å². The Hall–Kier alpha value is -2.13. The van der Waals surface area contributed by atoms with Gasteiger partial charge in [-0.25, -0.2) is 17.8 Å². The van der Waals surface area contributed by atoms with Crippen LogP contribution in [0, 0.1) is 5.82 Å². The first-order valence-electron chi connectivity index (χ1n) is 5.48. The van der Waals surface area contributed by atoms with Gasteiger partial charge in [0.25, 0.3) is 15.9 Å². The molecule has 0 aliphatic rings. The molecule has 1 aromatic heterocycles. The summed E-state index contributed by atoms with van der Waals surface area (Å²) in [6, 6.07) is 3.62. The molecule has 0 spiro atoms. The number of ether oxygens (including phenoxy) is 1. The standard InChI is InChI=1S/C11H10ClFN4O3S/c1-20-11-10(15-5-8(14)16-11)17-21(18,19)7-4-2-3-6(12)9(7)13/h2-5H,1H3,(H2,14,16)(H,15,17). The van der Waals surface area contributed by atoms with Gasteiger partial charge in [-0.05, 0) is 12.1 Å². The minimum absolute atomic E-state index is 0.0451. The SMILES string of the molecule is COc1nc(N)cnc1NS(=O)(=O)c1cccc(Cl)c1F. The van der Waals surface area contributed by atoms with Gasteiger partial charge >= 0.3 is 0 Å². The van der Waals surface area contributed by atoms with Crippen molar-refractivity contribution in [1.29, 1.82) is 0 Å². The third-order valence-corrected chi connectivity index (χ3v) is 4.04. The van der Waals surface area contributed by atoms with Crippen molar-refractivity contribution in [3.05, 3.63) is 35.2 Å². The molecule has 0 bridgehead atoms. The zero-order valence-corrected chi connectivity index (χ0v) is 12.2. The van der Waals surface area contributed by atoms with Crippen LogP contribution >= 0.6 is 11.6 Å². The Kier molecular flexibility index (Phi) is 4.14. The summed E-state index contributed by atoms with van der Waals surface area (Å²) in [7, 11) is -2.98. The van der Waals surface area contributed by atoms with E-state index in [1.54, 1.807) is 0 Å². The molecule has 7 nitrogen and oxygen atoms in total. The fourth-order valence-corrected chi connectivity index (χ4v) is 2.81. The Morgan fingerprint density at radius 2 is 2.14 bits per heavy atom. The van der Waals surface area contributed by atoms with E-state index in [0.29, 0.717) is 0 Å². The summed E-state index contributed by atoms with van der Waals surface area (Å²) in [5, 5.41) is -0.312. The van der Waals surface area contributed by atoms with Crippen molar-refractivity contribution in [3.8, 4) is 5.88 Å². The van der Waals surface area contributed by atoms with E-state index in [0.717, 1.165) is 12.3 Å². The lowest BCUT2D eigenvalue weighted by molar-refractivity contribution is 0.399. The number of halogens is 2. The minimum Gasteiger partial charge on any atom is -0.478 e. The summed E-state index contributed by atoms with van der Waals surface area (Å²) >= 11 is 5.57. The number of nitrogens with zero attached hydrogens (tertiary/aromatic N) is 2. The van der Waals surface area contributed by atoms with Gasteiger partial charge in [-0.1, -0.05) is 17.7 Å². The molecule has 2 rings (SSSR count). The number of hydrogen-bond acceptors (Lipinski definition) is 6. The second-order valence-corrected chi connectivity index (χ2v) is 5.87. The Labute approximate surface area is 125 Å². The number of methoxy groups -OCH3 is 1. The van der Waals surface area contributed by atoms with Crippen LogP contribution in [-0.2, 0) is 10.0 Å². The molecule has 0 amide bonds. The molecule has 0 aliphatic carbocycles. The first-order chi connectivity index (χ1) is 9.85. The summed E-state index contributed by atoms with van der Waals surface area (Å²) in [6.45, 7) is 0. The maximum atomic E-state index is 13.8. The van der Waals surface area contributed by atoms with Crippen LogP contribution in [0.25, 0.3) is 0 Å². The van der Waals surface area contributed by atoms with Crippen molar-refractivity contribution in [3.63, 3.8) is 0 Å². The van der Waals surface area contributed by atoms with Gasteiger partial charge in [-0.15, -0.1) is 0 Å². The Balaban J connectivity index is 2.45. The number of aromatic nitrogens is 2. The van der Waals surface area contributed by atoms with E-state index < -0.39 is 20.7 Å². The molecule has 0 radical (unpaired) electrons. The first kappa shape index (κ1) is 15.3. The molecule has 10 heteroatoms. The lowest BCUT2D eigenvalue weighted by atomic mass is 10.3. The number of nitrogen functional groups attached to an aromatic ring is 1. The fraction of sp³-hybridized carbons (Fsp3) is 0.0909. The molecule has 2 aromatic rings. The largest absolute Gasteiger partial charge is 0.478 e. The predicted molar refractivity (Wildman–Crippen MR) is 75.2 cm³/mol. The van der Waals surface area contributed by atoms with Crippen molar-refractivity contribution >= 4 is 33.3 Å². The van der Waals surface area contributed by atoms with E-state index in [1.165, 1.54) is 19.2 Å². The molecule has 1 aromatic carbocycles. The van der Waals surface area contributed by atoms with Crippen molar-refractivity contribution in [2.45, 2.75) is 4.90 Å². The average molecular weight is 333 g/mol. The lowest BCUT2D eigenvalue weighted by Gasteiger charge is -2.11. The van der Waals surface area contributed by atoms with E-state index in [-0.39, 0.29) is 22.5 Å². The number of benzene rings is 1. The van der Waals surface area contributed by atoms with Crippen molar-refractivity contribution < 1.29 is 17.5 Å². The fourth-order valence-electron chi connectivity index (χ4n) is 1.47. The number of hydrogen-bond donors (Lipinski definition) is 2. The van der Waals surface area contributed by atoms with Crippen molar-refractivity contribution in [2.24, 2.45) is 0 Å². The molecule has 0 saturated carbocycles. The third kappa shape index (κ3) is 3.14. The molecule has 0 fully saturated rings. The highest BCUT2D eigenvalue weighted by Crippen LogP contribution is 2.26. The van der Waals surface area contributed by atoms with E-state index >= 15 is 0 Å². The lowest BCUT2D eigenvalue weighted by Crippen LogP contribution is -2.17. The van der Waals surface area contributed by atoms with Crippen molar-refractivity contribution in [2.75, 3.05) is 17.6 Å². The van der Waals surface area contributed by atoms with Gasteiger partial charge in [-0.3, -0.25) is 4.72 Å². The van der Waals surface area contributed by atoms with Crippen LogP contribution in [0.1, 0.15) is 0 Å². The second-order valence-electron chi connectivity index (χ2n) is 3.81. The quantitative estimate of drug-likeness (QED) is 0.881. The van der Waals surface area contributed by atoms with Crippen LogP contribution in [-0.4, -0.2) is 25.5 Å². The number of sulfonamides is 1. The second kappa shape index (κ2) is 5.70. The highest BCUT2D eigenvalue weighted by Gasteiger charge is 2.23. The van der Waals surface area contributed by atoms with E-state index in [9.17, 15) is 12.8 Å². The summed E-state index contributed by atoms with van der Waals surface area (Å²) in [5.74, 6) is -1.37. The van der Waals surface area contributed by atoms with Crippen molar-refractivity contribution in [1.82, 2.24) is 9.97 Å². The van der Waals surface area contributed by atoms with Crippen LogP contribution in [0.3, 0.4) is 0 Å². The molecular formula is C11H10ClFN4O3S. The Morgan fingerprint density at radius 1 is 1.43 bits per heavy atom. The summed E-state index contributed by atoms with van der Waals surface area (Å²) in [6.07, 6.45) is 1.13. The van der Waals surface area contributed by atoms with E-state index in [4.69, 9.17) is 22.1 Å². The van der Waals surface area contributed by atoms with Crippen LogP contribution in [0.15, 0.2) is 29.3 Å². The normalized spacial score (nSPS) is 11.2. The van der Waals surface area contributed by atoms with Gasteiger partial charge < -0.3 is 10.5 Å². The van der Waals surface area contributed by atoms with Gasteiger partial charge in [0.15, 0.2) is 5.82 Å². The average Bonchev–Trinajstić information content (AvgIpc) is 2.43. The highest BCUT2D eigenvalue weighted by atomic mass is 35.5. The number of nitrogens with two attached hydrogens (primary N) is 1. The first-order valence-corrected chi connectivity index (χ1v) is 7.34. The van der Waals surface area contributed by atoms with Gasteiger partial charge in [0.2, 0.25) is 5.82 Å². The Bertz CT molecular complexity index is 785. The zero-order chi connectivity index (χ0) is 15.6. The number of nitrogens with one attached hydrogen (secondary N) is 1. The highest BCUT2D eigenvalue weighted by molar-refractivity contribution is 7.92. The van der Waals surface area contributed by atoms with E-state index in [1.807, 2.05) is 0 Å². The predicted octanol–water partition coefficient (Wildman–Crippen LogP) is 1.66. The third-order valence-electron chi connectivity index (χ3n) is 2.39. The molecule has 1 heterocycles. The molecule has 0 atom stereocenters. The maximum absolute atomic E-state index is 13.8. The number of anilines is 2. The van der Waals surface area contributed by atoms with Crippen LogP contribution < -0.4 is 15.2 Å². The van der Waals surface area contributed by atoms with Crippen LogP contribution in [0.5, 0.6) is 5.88 Å². The smallest absolute Gasteiger partial charge is 0.266 e. The van der Waals surface area contributed by atoms with Crippen LogP contribution in [0.2, 0.25) is 5.02 Å². The number of rotatable bonds is 4. The van der Waals surface area contributed by atoms with Gasteiger partial charge in [0.1, 0.15) is 10.7 Å². The minimum atomic E-state index is -4.24. The molecule has 0 unspecified atom stereocenters. The molecule has 112 valence electrons. The Morgan fingerprint density at radius 3 is 2.81 bits per heavy atom. The molecule has 0 aliphatic heterocycles. The molecule has 3 N–H and O–H groups in total. The molecule has 0 saturated heterocycles. The monoisotopic (exact) mass is 332 g/mol. The molecule has 21 heavy (non-hydrogen) atoms. The topological polar surface area (TPSA) is 107 Å². The summed E-state index contributed by atoms with van der Waals surface area (Å²) < 4.78 is 45.1. The summed E-state index contributed by atoms with van der Waals surface area (Å²) in [5.41, 5.74) is 5.41. The molecular weight excluding hydrogens is 323 g/mol. The zero-order valence-electron chi connectivity index (χ0n) is 10.7. The van der Waals surface area contributed by atoms with Gasteiger partial charge in [0, 0.05) is 0 Å². The van der Waals surface area contributed by atoms with E-state index in [2.05, 4.69) is 14.7 Å².